The first-order valence-electron chi connectivity index (χ1n) is 8.25. The van der Waals surface area contributed by atoms with E-state index in [-0.39, 0.29) is 17.3 Å². The van der Waals surface area contributed by atoms with E-state index in [1.165, 1.54) is 12.1 Å². The van der Waals surface area contributed by atoms with Crippen LogP contribution in [0, 0.1) is 11.2 Å². The molecule has 1 unspecified atom stereocenters. The zero-order valence-corrected chi connectivity index (χ0v) is 16.2. The lowest BCUT2D eigenvalue weighted by Crippen LogP contribution is -2.51. The summed E-state index contributed by atoms with van der Waals surface area (Å²) in [5.41, 5.74) is 6.19. The number of piperidine rings is 1. The number of amides is 1. The Balaban J connectivity index is 2.14. The van der Waals surface area contributed by atoms with Crippen molar-refractivity contribution in [2.24, 2.45) is 11.1 Å². The Labute approximate surface area is 151 Å². The zero-order chi connectivity index (χ0) is 18.0. The summed E-state index contributed by atoms with van der Waals surface area (Å²) in [5.74, 6) is -0.272. The number of nitrogens with two attached hydrogens (primary N) is 1. The van der Waals surface area contributed by atoms with Gasteiger partial charge in [-0.05, 0) is 70.3 Å². The molecule has 0 spiro atoms. The molecule has 1 atom stereocenters. The molecule has 1 aliphatic heterocycles. The number of carbonyl (C=O) groups excluding carboxylic acids is 1. The van der Waals surface area contributed by atoms with Gasteiger partial charge in [-0.25, -0.2) is 9.18 Å². The first-order valence-corrected chi connectivity index (χ1v) is 9.05. The molecule has 4 nitrogen and oxygen atoms in total. The highest BCUT2D eigenvalue weighted by molar-refractivity contribution is 9.10. The Bertz CT molecular complexity index is 583. The van der Waals surface area contributed by atoms with Gasteiger partial charge in [0.2, 0.25) is 0 Å². The van der Waals surface area contributed by atoms with Crippen molar-refractivity contribution in [3.05, 3.63) is 34.1 Å². The number of carbonyl (C=O) groups is 1. The summed E-state index contributed by atoms with van der Waals surface area (Å²) in [6.45, 7) is 7.22. The molecule has 1 aliphatic rings. The summed E-state index contributed by atoms with van der Waals surface area (Å²) in [4.78, 5) is 14.1. The molecule has 1 aromatic carbocycles. The number of halogens is 2. The molecule has 0 saturated carbocycles. The first kappa shape index (κ1) is 19.2. The number of ether oxygens (including phenoxy) is 1. The van der Waals surface area contributed by atoms with Crippen molar-refractivity contribution in [1.82, 2.24) is 4.90 Å². The average molecular weight is 401 g/mol. The maximum atomic E-state index is 13.7. The molecule has 0 aromatic heterocycles. The van der Waals surface area contributed by atoms with E-state index in [0.717, 1.165) is 18.4 Å². The number of nitrogens with zero attached hydrogens (tertiary/aromatic N) is 1. The number of rotatable bonds is 3. The standard InChI is InChI=1S/C18H26BrFN2O2/c1-17(2,3)24-16(23)22-6-4-5-18(11-21,12-22)10-13-7-14(19)9-15(20)8-13/h7-9H,4-6,10-12,21H2,1-3H3. The quantitative estimate of drug-likeness (QED) is 0.830. The van der Waals surface area contributed by atoms with Crippen LogP contribution in [0.5, 0.6) is 0 Å². The average Bonchev–Trinajstić information content (AvgIpc) is 2.44. The summed E-state index contributed by atoms with van der Waals surface area (Å²) in [6, 6.07) is 4.88. The van der Waals surface area contributed by atoms with E-state index in [0.29, 0.717) is 30.5 Å². The molecule has 1 amide bonds. The van der Waals surface area contributed by atoms with Crippen LogP contribution in [-0.2, 0) is 11.2 Å². The number of benzene rings is 1. The highest BCUT2D eigenvalue weighted by atomic mass is 79.9. The van der Waals surface area contributed by atoms with E-state index >= 15 is 0 Å². The SMILES string of the molecule is CC(C)(C)OC(=O)N1CCCC(CN)(Cc2cc(F)cc(Br)c2)C1. The van der Waals surface area contributed by atoms with E-state index in [9.17, 15) is 9.18 Å². The predicted octanol–water partition coefficient (Wildman–Crippen LogP) is 4.11. The van der Waals surface area contributed by atoms with Gasteiger partial charge in [0, 0.05) is 23.0 Å². The lowest BCUT2D eigenvalue weighted by atomic mass is 9.75. The second-order valence-electron chi connectivity index (χ2n) is 7.66. The summed E-state index contributed by atoms with van der Waals surface area (Å²) in [6.07, 6.45) is 2.11. The van der Waals surface area contributed by atoms with Crippen molar-refractivity contribution in [3.8, 4) is 0 Å². The molecule has 1 aromatic rings. The molecule has 0 aliphatic carbocycles. The molecule has 2 rings (SSSR count). The van der Waals surface area contributed by atoms with Crippen LogP contribution in [0.25, 0.3) is 0 Å². The lowest BCUT2D eigenvalue weighted by Gasteiger charge is -2.42. The number of hydrogen-bond donors (Lipinski definition) is 1. The maximum absolute atomic E-state index is 13.7. The fourth-order valence-corrected chi connectivity index (χ4v) is 3.73. The van der Waals surface area contributed by atoms with Crippen molar-refractivity contribution >= 4 is 22.0 Å². The molecule has 1 saturated heterocycles. The smallest absolute Gasteiger partial charge is 0.410 e. The van der Waals surface area contributed by atoms with Crippen LogP contribution in [0.15, 0.2) is 22.7 Å². The first-order chi connectivity index (χ1) is 11.1. The van der Waals surface area contributed by atoms with Gasteiger partial charge in [0.25, 0.3) is 0 Å². The summed E-state index contributed by atoms with van der Waals surface area (Å²) in [7, 11) is 0. The van der Waals surface area contributed by atoms with Crippen LogP contribution in [0.3, 0.4) is 0 Å². The second kappa shape index (κ2) is 7.40. The summed E-state index contributed by atoms with van der Waals surface area (Å²) >= 11 is 3.33. The Kier molecular flexibility index (Phi) is 5.91. The maximum Gasteiger partial charge on any atom is 0.410 e. The summed E-state index contributed by atoms with van der Waals surface area (Å²) in [5, 5.41) is 0. The second-order valence-corrected chi connectivity index (χ2v) is 8.58. The van der Waals surface area contributed by atoms with E-state index in [1.54, 1.807) is 4.90 Å². The molecule has 0 radical (unpaired) electrons. The molecular formula is C18H26BrFN2O2. The predicted molar refractivity (Wildman–Crippen MR) is 96.3 cm³/mol. The molecule has 1 heterocycles. The van der Waals surface area contributed by atoms with Crippen molar-refractivity contribution in [1.29, 1.82) is 0 Å². The van der Waals surface area contributed by atoms with E-state index in [4.69, 9.17) is 10.5 Å². The van der Waals surface area contributed by atoms with Gasteiger partial charge in [0.05, 0.1) is 0 Å². The fourth-order valence-electron chi connectivity index (χ4n) is 3.22. The molecule has 6 heteroatoms. The monoisotopic (exact) mass is 400 g/mol. The minimum atomic E-state index is -0.521. The number of likely N-dealkylation sites (tertiary alicyclic amines) is 1. The van der Waals surface area contributed by atoms with Gasteiger partial charge >= 0.3 is 6.09 Å². The highest BCUT2D eigenvalue weighted by Crippen LogP contribution is 2.34. The van der Waals surface area contributed by atoms with Crippen LogP contribution in [-0.4, -0.2) is 36.2 Å². The molecule has 1 fully saturated rings. The number of hydrogen-bond acceptors (Lipinski definition) is 3. The highest BCUT2D eigenvalue weighted by Gasteiger charge is 2.37. The topological polar surface area (TPSA) is 55.6 Å². The molecular weight excluding hydrogens is 375 g/mol. The Morgan fingerprint density at radius 1 is 1.42 bits per heavy atom. The normalized spacial score (nSPS) is 21.7. The van der Waals surface area contributed by atoms with E-state index in [1.807, 2.05) is 26.8 Å². The van der Waals surface area contributed by atoms with Gasteiger partial charge in [-0.15, -0.1) is 0 Å². The molecule has 0 bridgehead atoms. The minimum Gasteiger partial charge on any atom is -0.444 e. The third-order valence-corrected chi connectivity index (χ3v) is 4.71. The van der Waals surface area contributed by atoms with Crippen LogP contribution in [0.2, 0.25) is 0 Å². The van der Waals surface area contributed by atoms with Gasteiger partial charge in [0.1, 0.15) is 11.4 Å². The Hall–Kier alpha value is -1.14. The van der Waals surface area contributed by atoms with Crippen molar-refractivity contribution in [2.45, 2.75) is 45.6 Å². The fraction of sp³-hybridized carbons (Fsp3) is 0.611. The van der Waals surface area contributed by atoms with Crippen molar-refractivity contribution < 1.29 is 13.9 Å². The zero-order valence-electron chi connectivity index (χ0n) is 14.6. The summed E-state index contributed by atoms with van der Waals surface area (Å²) < 4.78 is 19.9. The van der Waals surface area contributed by atoms with Crippen LogP contribution >= 0.6 is 15.9 Å². The van der Waals surface area contributed by atoms with Gasteiger partial charge in [0.15, 0.2) is 0 Å². The lowest BCUT2D eigenvalue weighted by molar-refractivity contribution is 0.00531. The third kappa shape index (κ3) is 5.18. The molecule has 134 valence electrons. The minimum absolute atomic E-state index is 0.248. The van der Waals surface area contributed by atoms with Crippen molar-refractivity contribution in [3.63, 3.8) is 0 Å². The van der Waals surface area contributed by atoms with Crippen LogP contribution in [0.1, 0.15) is 39.2 Å². The van der Waals surface area contributed by atoms with E-state index in [2.05, 4.69) is 15.9 Å². The van der Waals surface area contributed by atoms with Gasteiger partial charge in [-0.2, -0.15) is 0 Å². The van der Waals surface area contributed by atoms with Crippen molar-refractivity contribution in [2.75, 3.05) is 19.6 Å². The third-order valence-electron chi connectivity index (χ3n) is 4.25. The molecule has 24 heavy (non-hydrogen) atoms. The van der Waals surface area contributed by atoms with Crippen LogP contribution in [0.4, 0.5) is 9.18 Å². The van der Waals surface area contributed by atoms with Crippen LogP contribution < -0.4 is 5.73 Å². The van der Waals surface area contributed by atoms with Gasteiger partial charge in [-0.1, -0.05) is 15.9 Å². The van der Waals surface area contributed by atoms with E-state index < -0.39 is 5.60 Å². The van der Waals surface area contributed by atoms with Gasteiger partial charge < -0.3 is 15.4 Å². The van der Waals surface area contributed by atoms with Gasteiger partial charge in [-0.3, -0.25) is 0 Å². The largest absolute Gasteiger partial charge is 0.444 e. The Morgan fingerprint density at radius 3 is 2.71 bits per heavy atom. The molecule has 2 N–H and O–H groups in total. The Morgan fingerprint density at radius 2 is 2.12 bits per heavy atom.